The first-order valence-corrected chi connectivity index (χ1v) is 5.81. The molecule has 6 heteroatoms. The molecule has 3 aromatic heterocycles. The van der Waals surface area contributed by atoms with Crippen LogP contribution in [0.3, 0.4) is 0 Å². The Morgan fingerprint density at radius 3 is 3.17 bits per heavy atom. The van der Waals surface area contributed by atoms with Crippen molar-refractivity contribution in [3.8, 4) is 11.5 Å². The van der Waals surface area contributed by atoms with Crippen molar-refractivity contribution in [1.29, 1.82) is 0 Å². The summed E-state index contributed by atoms with van der Waals surface area (Å²) < 4.78 is 5.14. The molecule has 3 N–H and O–H groups in total. The molecule has 0 aliphatic carbocycles. The number of nitrogens with two attached hydrogens (primary N) is 1. The standard InChI is InChI=1S/C12H13N5O/c1-2-8(13)12-16-11(17-18-12)9-6-7-4-3-5-14-10(7)15-9/h3-6,8H,2,13H2,1H3,(H,14,15). The van der Waals surface area contributed by atoms with Crippen molar-refractivity contribution in [1.82, 2.24) is 20.1 Å². The predicted octanol–water partition coefficient (Wildman–Crippen LogP) is 2.02. The van der Waals surface area contributed by atoms with E-state index in [1.807, 2.05) is 25.1 Å². The number of pyridine rings is 1. The molecule has 0 saturated heterocycles. The molecular formula is C12H13N5O. The van der Waals surface area contributed by atoms with Crippen molar-refractivity contribution >= 4 is 11.0 Å². The molecule has 6 nitrogen and oxygen atoms in total. The first kappa shape index (κ1) is 10.9. The van der Waals surface area contributed by atoms with E-state index < -0.39 is 0 Å². The van der Waals surface area contributed by atoms with Crippen LogP contribution in [0.4, 0.5) is 0 Å². The molecular weight excluding hydrogens is 230 g/mol. The Kier molecular flexibility index (Phi) is 2.56. The van der Waals surface area contributed by atoms with Gasteiger partial charge in [0, 0.05) is 11.6 Å². The number of nitrogens with one attached hydrogen (secondary N) is 1. The molecule has 0 aromatic carbocycles. The minimum atomic E-state index is -0.214. The summed E-state index contributed by atoms with van der Waals surface area (Å²) in [5, 5.41) is 4.94. The molecule has 92 valence electrons. The van der Waals surface area contributed by atoms with E-state index in [1.54, 1.807) is 6.20 Å². The van der Waals surface area contributed by atoms with Gasteiger partial charge in [-0.15, -0.1) is 0 Å². The van der Waals surface area contributed by atoms with Crippen LogP contribution in [0.2, 0.25) is 0 Å². The zero-order chi connectivity index (χ0) is 12.5. The number of rotatable bonds is 3. The molecule has 0 saturated carbocycles. The summed E-state index contributed by atoms with van der Waals surface area (Å²) in [7, 11) is 0. The lowest BCUT2D eigenvalue weighted by atomic mass is 10.2. The summed E-state index contributed by atoms with van der Waals surface area (Å²) in [6, 6.07) is 5.58. The van der Waals surface area contributed by atoms with Crippen LogP contribution in [0.25, 0.3) is 22.6 Å². The van der Waals surface area contributed by atoms with Crippen molar-refractivity contribution in [2.24, 2.45) is 5.73 Å². The van der Waals surface area contributed by atoms with Gasteiger partial charge < -0.3 is 15.2 Å². The Morgan fingerprint density at radius 1 is 1.50 bits per heavy atom. The quantitative estimate of drug-likeness (QED) is 0.734. The van der Waals surface area contributed by atoms with Gasteiger partial charge in [-0.05, 0) is 24.6 Å². The van der Waals surface area contributed by atoms with Gasteiger partial charge in [0.25, 0.3) is 0 Å². The number of nitrogens with zero attached hydrogens (tertiary/aromatic N) is 3. The largest absolute Gasteiger partial charge is 0.337 e. The van der Waals surface area contributed by atoms with Crippen molar-refractivity contribution in [3.05, 3.63) is 30.3 Å². The summed E-state index contributed by atoms with van der Waals surface area (Å²) in [5.74, 6) is 0.964. The van der Waals surface area contributed by atoms with Gasteiger partial charge >= 0.3 is 0 Å². The zero-order valence-electron chi connectivity index (χ0n) is 9.92. The maximum absolute atomic E-state index is 5.84. The van der Waals surface area contributed by atoms with Crippen LogP contribution in [-0.4, -0.2) is 20.1 Å². The van der Waals surface area contributed by atoms with Crippen LogP contribution in [0.15, 0.2) is 28.9 Å². The van der Waals surface area contributed by atoms with Gasteiger partial charge in [0.15, 0.2) is 0 Å². The van der Waals surface area contributed by atoms with E-state index in [9.17, 15) is 0 Å². The van der Waals surface area contributed by atoms with Crippen LogP contribution < -0.4 is 5.73 Å². The maximum Gasteiger partial charge on any atom is 0.243 e. The molecule has 0 aliphatic heterocycles. The molecule has 0 spiro atoms. The molecule has 3 rings (SSSR count). The van der Waals surface area contributed by atoms with Gasteiger partial charge in [-0.1, -0.05) is 12.1 Å². The van der Waals surface area contributed by atoms with E-state index in [-0.39, 0.29) is 6.04 Å². The molecule has 0 aliphatic rings. The molecule has 0 fully saturated rings. The van der Waals surface area contributed by atoms with E-state index >= 15 is 0 Å². The molecule has 0 radical (unpaired) electrons. The lowest BCUT2D eigenvalue weighted by molar-refractivity contribution is 0.352. The number of H-pyrrole nitrogens is 1. The van der Waals surface area contributed by atoms with E-state index in [1.165, 1.54) is 0 Å². The highest BCUT2D eigenvalue weighted by Crippen LogP contribution is 2.22. The smallest absolute Gasteiger partial charge is 0.243 e. The van der Waals surface area contributed by atoms with E-state index in [4.69, 9.17) is 10.3 Å². The van der Waals surface area contributed by atoms with Crippen molar-refractivity contribution in [3.63, 3.8) is 0 Å². The fourth-order valence-corrected chi connectivity index (χ4v) is 1.75. The number of aromatic amines is 1. The lowest BCUT2D eigenvalue weighted by Crippen LogP contribution is -2.08. The van der Waals surface area contributed by atoms with E-state index in [0.717, 1.165) is 23.1 Å². The molecule has 3 aromatic rings. The minimum absolute atomic E-state index is 0.214. The zero-order valence-corrected chi connectivity index (χ0v) is 9.92. The van der Waals surface area contributed by atoms with Crippen LogP contribution in [0.5, 0.6) is 0 Å². The highest BCUT2D eigenvalue weighted by Gasteiger charge is 2.15. The molecule has 3 heterocycles. The number of fused-ring (bicyclic) bond motifs is 1. The fraction of sp³-hybridized carbons (Fsp3) is 0.250. The first-order chi connectivity index (χ1) is 8.78. The Labute approximate surface area is 103 Å². The van der Waals surface area contributed by atoms with Crippen molar-refractivity contribution < 1.29 is 4.52 Å². The Morgan fingerprint density at radius 2 is 2.39 bits per heavy atom. The average Bonchev–Trinajstić information content (AvgIpc) is 3.03. The van der Waals surface area contributed by atoms with Gasteiger partial charge in [0.2, 0.25) is 11.7 Å². The molecule has 18 heavy (non-hydrogen) atoms. The van der Waals surface area contributed by atoms with E-state index in [2.05, 4.69) is 20.1 Å². The predicted molar refractivity (Wildman–Crippen MR) is 66.6 cm³/mol. The van der Waals surface area contributed by atoms with Crippen LogP contribution in [0.1, 0.15) is 25.3 Å². The summed E-state index contributed by atoms with van der Waals surface area (Å²) in [5.41, 5.74) is 7.43. The summed E-state index contributed by atoms with van der Waals surface area (Å²) >= 11 is 0. The Balaban J connectivity index is 2.01. The Hall–Kier alpha value is -2.21. The molecule has 0 bridgehead atoms. The third kappa shape index (κ3) is 1.76. The van der Waals surface area contributed by atoms with Crippen LogP contribution in [-0.2, 0) is 0 Å². The average molecular weight is 243 g/mol. The second-order valence-corrected chi connectivity index (χ2v) is 4.10. The molecule has 0 amide bonds. The second-order valence-electron chi connectivity index (χ2n) is 4.10. The van der Waals surface area contributed by atoms with Crippen molar-refractivity contribution in [2.45, 2.75) is 19.4 Å². The second kappa shape index (κ2) is 4.23. The van der Waals surface area contributed by atoms with Crippen LogP contribution >= 0.6 is 0 Å². The third-order valence-electron chi connectivity index (χ3n) is 2.83. The molecule has 1 atom stereocenters. The topological polar surface area (TPSA) is 93.6 Å². The number of hydrogen-bond donors (Lipinski definition) is 2. The highest BCUT2D eigenvalue weighted by atomic mass is 16.5. The van der Waals surface area contributed by atoms with Crippen molar-refractivity contribution in [2.75, 3.05) is 0 Å². The minimum Gasteiger partial charge on any atom is -0.337 e. The highest BCUT2D eigenvalue weighted by molar-refractivity contribution is 5.81. The third-order valence-corrected chi connectivity index (χ3v) is 2.83. The summed E-state index contributed by atoms with van der Waals surface area (Å²) in [4.78, 5) is 11.6. The van der Waals surface area contributed by atoms with Gasteiger partial charge in [-0.25, -0.2) is 4.98 Å². The summed E-state index contributed by atoms with van der Waals surface area (Å²) in [6.45, 7) is 1.97. The van der Waals surface area contributed by atoms with Crippen LogP contribution in [0, 0.1) is 0 Å². The normalized spacial score (nSPS) is 13.0. The van der Waals surface area contributed by atoms with Gasteiger partial charge in [0.1, 0.15) is 5.65 Å². The number of aromatic nitrogens is 4. The SMILES string of the molecule is CCC(N)c1nc(-c2cc3cccnc3[nH]2)no1. The monoisotopic (exact) mass is 243 g/mol. The first-order valence-electron chi connectivity index (χ1n) is 5.81. The lowest BCUT2D eigenvalue weighted by Gasteiger charge is -1.98. The van der Waals surface area contributed by atoms with E-state index in [0.29, 0.717) is 11.7 Å². The number of hydrogen-bond acceptors (Lipinski definition) is 5. The van der Waals surface area contributed by atoms with Gasteiger partial charge in [0.05, 0.1) is 11.7 Å². The van der Waals surface area contributed by atoms with Gasteiger partial charge in [-0.2, -0.15) is 4.98 Å². The van der Waals surface area contributed by atoms with Gasteiger partial charge in [-0.3, -0.25) is 0 Å². The fourth-order valence-electron chi connectivity index (χ4n) is 1.75. The molecule has 1 unspecified atom stereocenters. The summed E-state index contributed by atoms with van der Waals surface area (Å²) in [6.07, 6.45) is 2.49. The maximum atomic E-state index is 5.84. The Bertz CT molecular complexity index is 639.